The highest BCUT2D eigenvalue weighted by molar-refractivity contribution is 5.92. The largest absolute Gasteiger partial charge is 0.493 e. The number of anilines is 1. The van der Waals surface area contributed by atoms with Crippen LogP contribution in [-0.2, 0) is 9.53 Å². The Hall–Kier alpha value is -2.64. The Morgan fingerprint density at radius 2 is 1.56 bits per heavy atom. The molecule has 0 fully saturated rings. The van der Waals surface area contributed by atoms with Crippen molar-refractivity contribution in [1.29, 1.82) is 0 Å². The van der Waals surface area contributed by atoms with E-state index in [1.54, 1.807) is 32.9 Å². The van der Waals surface area contributed by atoms with Gasteiger partial charge in [-0.2, -0.15) is 0 Å². The quantitative estimate of drug-likeness (QED) is 0.790. The highest BCUT2D eigenvalue weighted by Crippen LogP contribution is 2.39. The maximum Gasteiger partial charge on any atom is 0.326 e. The third-order valence-electron chi connectivity index (χ3n) is 3.05. The number of amides is 2. The van der Waals surface area contributed by atoms with Gasteiger partial charge in [0.05, 0.1) is 27.0 Å². The molecule has 0 aromatic heterocycles. The minimum Gasteiger partial charge on any atom is -0.493 e. The van der Waals surface area contributed by atoms with Gasteiger partial charge in [-0.15, -0.1) is 0 Å². The van der Waals surface area contributed by atoms with E-state index in [0.29, 0.717) is 22.9 Å². The number of nitrogens with zero attached hydrogens (tertiary/aromatic N) is 1. The molecular weight excluding hydrogens is 328 g/mol. The van der Waals surface area contributed by atoms with Crippen LogP contribution in [-0.4, -0.2) is 57.4 Å². The van der Waals surface area contributed by atoms with Gasteiger partial charge in [-0.05, 0) is 20.8 Å². The van der Waals surface area contributed by atoms with E-state index in [9.17, 15) is 9.59 Å². The molecule has 0 radical (unpaired) electrons. The molecule has 1 aromatic rings. The van der Waals surface area contributed by atoms with Gasteiger partial charge in [0.15, 0.2) is 11.5 Å². The second kappa shape index (κ2) is 8.46. The molecule has 8 heteroatoms. The van der Waals surface area contributed by atoms with Crippen molar-refractivity contribution >= 4 is 17.7 Å². The molecule has 1 N–H and O–H groups in total. The fraction of sp³-hybridized carbons (Fsp3) is 0.529. The molecule has 0 saturated carbocycles. The number of benzene rings is 1. The number of hydrogen-bond donors (Lipinski definition) is 1. The summed E-state index contributed by atoms with van der Waals surface area (Å²) in [6, 6.07) is 2.72. The lowest BCUT2D eigenvalue weighted by molar-refractivity contribution is -0.155. The summed E-state index contributed by atoms with van der Waals surface area (Å²) in [5.74, 6) is 0.749. The first-order chi connectivity index (χ1) is 11.6. The molecule has 0 saturated heterocycles. The normalized spacial score (nSPS) is 10.7. The van der Waals surface area contributed by atoms with E-state index < -0.39 is 17.6 Å². The van der Waals surface area contributed by atoms with Gasteiger partial charge in [-0.25, -0.2) is 4.79 Å². The van der Waals surface area contributed by atoms with E-state index in [0.717, 1.165) is 0 Å². The Labute approximate surface area is 148 Å². The standard InChI is InChI=1S/C17H26N2O6/c1-17(2,3)25-14(20)10-19(4)16(21)18-11-8-12(22-5)15(24-7)13(9-11)23-6/h8-9H,10H2,1-7H3,(H,18,21). The molecule has 25 heavy (non-hydrogen) atoms. The van der Waals surface area contributed by atoms with Crippen molar-refractivity contribution < 1.29 is 28.5 Å². The number of carbonyl (C=O) groups excluding carboxylic acids is 2. The maximum absolute atomic E-state index is 12.3. The Balaban J connectivity index is 2.84. The number of carbonyl (C=O) groups is 2. The number of nitrogens with one attached hydrogen (secondary N) is 1. The summed E-state index contributed by atoms with van der Waals surface area (Å²) in [5, 5.41) is 2.67. The van der Waals surface area contributed by atoms with Gasteiger partial charge >= 0.3 is 12.0 Å². The minimum absolute atomic E-state index is 0.173. The predicted octanol–water partition coefficient (Wildman–Crippen LogP) is 2.52. The van der Waals surface area contributed by atoms with E-state index in [-0.39, 0.29) is 6.54 Å². The fourth-order valence-electron chi connectivity index (χ4n) is 2.01. The molecule has 140 valence electrons. The number of likely N-dealkylation sites (N-methyl/N-ethyl adjacent to an activating group) is 1. The van der Waals surface area contributed by atoms with Crippen LogP contribution in [0, 0.1) is 0 Å². The molecule has 8 nitrogen and oxygen atoms in total. The first-order valence-corrected chi connectivity index (χ1v) is 7.65. The molecule has 1 rings (SSSR count). The van der Waals surface area contributed by atoms with Gasteiger partial charge in [0.2, 0.25) is 5.75 Å². The molecule has 0 atom stereocenters. The topological polar surface area (TPSA) is 86.3 Å². The van der Waals surface area contributed by atoms with Crippen LogP contribution in [0.25, 0.3) is 0 Å². The van der Waals surface area contributed by atoms with E-state index in [1.165, 1.54) is 33.3 Å². The minimum atomic E-state index is -0.606. The molecule has 0 spiro atoms. The molecule has 0 heterocycles. The Kier molecular flexibility index (Phi) is 6.90. The number of ether oxygens (including phenoxy) is 4. The zero-order valence-corrected chi connectivity index (χ0v) is 15.8. The average Bonchev–Trinajstić information content (AvgIpc) is 2.51. The molecule has 0 aliphatic heterocycles. The van der Waals surface area contributed by atoms with Gasteiger partial charge in [-0.3, -0.25) is 4.79 Å². The highest BCUT2D eigenvalue weighted by atomic mass is 16.6. The van der Waals surface area contributed by atoms with Gasteiger partial charge < -0.3 is 29.2 Å². The number of rotatable bonds is 6. The number of hydrogen-bond acceptors (Lipinski definition) is 6. The Morgan fingerprint density at radius 1 is 1.04 bits per heavy atom. The molecule has 0 bridgehead atoms. The van der Waals surface area contributed by atoms with E-state index in [4.69, 9.17) is 18.9 Å². The predicted molar refractivity (Wildman–Crippen MR) is 93.6 cm³/mol. The zero-order chi connectivity index (χ0) is 19.2. The Bertz CT molecular complexity index is 599. The Morgan fingerprint density at radius 3 is 1.96 bits per heavy atom. The van der Waals surface area contributed by atoms with Crippen molar-refractivity contribution in [3.63, 3.8) is 0 Å². The number of esters is 1. The highest BCUT2D eigenvalue weighted by Gasteiger charge is 2.21. The second-order valence-corrected chi connectivity index (χ2v) is 6.29. The SMILES string of the molecule is COc1cc(NC(=O)N(C)CC(=O)OC(C)(C)C)cc(OC)c1OC. The summed E-state index contributed by atoms with van der Waals surface area (Å²) in [6.45, 7) is 5.12. The smallest absolute Gasteiger partial charge is 0.326 e. The van der Waals surface area contributed by atoms with Crippen molar-refractivity contribution in [2.75, 3.05) is 40.2 Å². The van der Waals surface area contributed by atoms with Crippen LogP contribution in [0.1, 0.15) is 20.8 Å². The van der Waals surface area contributed by atoms with Crippen LogP contribution in [0.4, 0.5) is 10.5 Å². The summed E-state index contributed by atoms with van der Waals surface area (Å²) < 4.78 is 20.9. The summed E-state index contributed by atoms with van der Waals surface area (Å²) in [4.78, 5) is 25.3. The summed E-state index contributed by atoms with van der Waals surface area (Å²) in [7, 11) is 5.96. The van der Waals surface area contributed by atoms with Crippen LogP contribution in [0.3, 0.4) is 0 Å². The van der Waals surface area contributed by atoms with Crippen LogP contribution in [0.15, 0.2) is 12.1 Å². The van der Waals surface area contributed by atoms with Crippen LogP contribution in [0.5, 0.6) is 17.2 Å². The average molecular weight is 354 g/mol. The third kappa shape index (κ3) is 6.06. The molecule has 0 aliphatic rings. The van der Waals surface area contributed by atoms with Crippen LogP contribution < -0.4 is 19.5 Å². The first-order valence-electron chi connectivity index (χ1n) is 7.65. The van der Waals surface area contributed by atoms with Crippen molar-refractivity contribution in [2.45, 2.75) is 26.4 Å². The number of methoxy groups -OCH3 is 3. The van der Waals surface area contributed by atoms with Gasteiger partial charge in [0.25, 0.3) is 0 Å². The van der Waals surface area contributed by atoms with E-state index >= 15 is 0 Å². The maximum atomic E-state index is 12.3. The fourth-order valence-corrected chi connectivity index (χ4v) is 2.01. The molecule has 0 unspecified atom stereocenters. The lowest BCUT2D eigenvalue weighted by atomic mass is 10.2. The van der Waals surface area contributed by atoms with Crippen LogP contribution >= 0.6 is 0 Å². The van der Waals surface area contributed by atoms with E-state index in [1.807, 2.05) is 0 Å². The van der Waals surface area contributed by atoms with Crippen molar-refractivity contribution in [1.82, 2.24) is 4.90 Å². The number of urea groups is 1. The van der Waals surface area contributed by atoms with E-state index in [2.05, 4.69) is 5.32 Å². The summed E-state index contributed by atoms with van der Waals surface area (Å²) >= 11 is 0. The lowest BCUT2D eigenvalue weighted by Gasteiger charge is -2.23. The van der Waals surface area contributed by atoms with Crippen molar-refractivity contribution in [2.24, 2.45) is 0 Å². The van der Waals surface area contributed by atoms with Gasteiger partial charge in [0.1, 0.15) is 12.1 Å². The molecule has 0 aliphatic carbocycles. The first kappa shape index (κ1) is 20.4. The molecule has 1 aromatic carbocycles. The third-order valence-corrected chi connectivity index (χ3v) is 3.05. The van der Waals surface area contributed by atoms with Gasteiger partial charge in [0, 0.05) is 19.2 Å². The van der Waals surface area contributed by atoms with Gasteiger partial charge in [-0.1, -0.05) is 0 Å². The lowest BCUT2D eigenvalue weighted by Crippen LogP contribution is -2.38. The van der Waals surface area contributed by atoms with Crippen molar-refractivity contribution in [3.8, 4) is 17.2 Å². The van der Waals surface area contributed by atoms with Crippen LogP contribution in [0.2, 0.25) is 0 Å². The summed E-state index contributed by atoms with van der Waals surface area (Å²) in [6.07, 6.45) is 0. The van der Waals surface area contributed by atoms with Crippen molar-refractivity contribution in [3.05, 3.63) is 12.1 Å². The molecule has 2 amide bonds. The monoisotopic (exact) mass is 354 g/mol. The molecular formula is C17H26N2O6. The zero-order valence-electron chi connectivity index (χ0n) is 15.8. The second-order valence-electron chi connectivity index (χ2n) is 6.29. The summed E-state index contributed by atoms with van der Waals surface area (Å²) in [5.41, 5.74) is -0.166.